The smallest absolute Gasteiger partial charge is 0.410 e. The third-order valence-electron chi connectivity index (χ3n) is 4.24. The molecule has 1 amide bonds. The highest BCUT2D eigenvalue weighted by Gasteiger charge is 2.57. The summed E-state index contributed by atoms with van der Waals surface area (Å²) in [5.74, 6) is -0.0666. The van der Waals surface area contributed by atoms with Gasteiger partial charge in [-0.15, -0.1) is 0 Å². The molecule has 1 aliphatic heterocycles. The summed E-state index contributed by atoms with van der Waals surface area (Å²) in [6, 6.07) is -0.108. The number of carbonyl (C=O) groups is 2. The number of piperidine rings is 1. The lowest BCUT2D eigenvalue weighted by Gasteiger charge is -2.37. The minimum Gasteiger partial charge on any atom is -0.449 e. The summed E-state index contributed by atoms with van der Waals surface area (Å²) < 4.78 is 10.4. The molecule has 0 aromatic rings. The monoisotopic (exact) mass is 317 g/mol. The van der Waals surface area contributed by atoms with Gasteiger partial charge in [0.05, 0.1) is 5.41 Å². The van der Waals surface area contributed by atoms with Crippen molar-refractivity contribution in [3.8, 4) is 0 Å². The molecule has 0 aromatic heterocycles. The number of amides is 1. The quantitative estimate of drug-likeness (QED) is 0.592. The van der Waals surface area contributed by atoms with E-state index in [1.165, 1.54) is 0 Å². The first-order valence-corrected chi connectivity index (χ1v) is 8.03. The third kappa shape index (κ3) is 3.82. The highest BCUT2D eigenvalue weighted by atomic mass is 35.5. The molecule has 6 heteroatoms. The summed E-state index contributed by atoms with van der Waals surface area (Å²) in [6.07, 6.45) is 3.19. The van der Waals surface area contributed by atoms with Crippen LogP contribution in [0.5, 0.6) is 0 Å². The molecule has 1 saturated carbocycles. The van der Waals surface area contributed by atoms with Crippen LogP contribution in [-0.2, 0) is 14.3 Å². The van der Waals surface area contributed by atoms with E-state index in [-0.39, 0.29) is 24.0 Å². The van der Waals surface area contributed by atoms with Crippen molar-refractivity contribution in [3.63, 3.8) is 0 Å². The first-order valence-electron chi connectivity index (χ1n) is 7.49. The van der Waals surface area contributed by atoms with Gasteiger partial charge in [0.2, 0.25) is 0 Å². The number of nitrogens with zero attached hydrogens (tertiary/aromatic N) is 1. The van der Waals surface area contributed by atoms with Crippen molar-refractivity contribution in [2.45, 2.75) is 52.1 Å². The van der Waals surface area contributed by atoms with E-state index in [2.05, 4.69) is 0 Å². The normalized spacial score (nSPS) is 24.4. The van der Waals surface area contributed by atoms with Gasteiger partial charge < -0.3 is 14.4 Å². The van der Waals surface area contributed by atoms with E-state index in [4.69, 9.17) is 21.1 Å². The summed E-state index contributed by atoms with van der Waals surface area (Å²) in [4.78, 5) is 26.0. The molecule has 1 unspecified atom stereocenters. The van der Waals surface area contributed by atoms with Crippen LogP contribution in [-0.4, -0.2) is 41.7 Å². The number of rotatable bonds is 3. The summed E-state index contributed by atoms with van der Waals surface area (Å²) in [6.45, 7) is 6.81. The molecule has 2 fully saturated rings. The second-order valence-corrected chi connectivity index (χ2v) is 7.18. The van der Waals surface area contributed by atoms with Crippen LogP contribution in [0, 0.1) is 11.3 Å². The van der Waals surface area contributed by atoms with Crippen LogP contribution in [0.1, 0.15) is 46.5 Å². The van der Waals surface area contributed by atoms with Crippen molar-refractivity contribution in [1.82, 2.24) is 4.90 Å². The van der Waals surface area contributed by atoms with Gasteiger partial charge in [-0.3, -0.25) is 4.79 Å². The maximum Gasteiger partial charge on any atom is 0.410 e. The first kappa shape index (κ1) is 16.4. The zero-order chi connectivity index (χ0) is 15.7. The molecule has 0 spiro atoms. The largest absolute Gasteiger partial charge is 0.449 e. The molecule has 21 heavy (non-hydrogen) atoms. The lowest BCUT2D eigenvalue weighted by atomic mass is 9.82. The molecular formula is C15H24ClNO4. The molecule has 1 saturated heterocycles. The molecule has 1 heterocycles. The number of likely N-dealkylation sites (tertiary alicyclic amines) is 1. The van der Waals surface area contributed by atoms with Gasteiger partial charge in [-0.25, -0.2) is 4.79 Å². The number of esters is 1. The van der Waals surface area contributed by atoms with Gasteiger partial charge >= 0.3 is 12.1 Å². The Balaban J connectivity index is 1.98. The van der Waals surface area contributed by atoms with Crippen LogP contribution in [0.4, 0.5) is 4.79 Å². The van der Waals surface area contributed by atoms with Crippen molar-refractivity contribution in [2.24, 2.45) is 11.3 Å². The molecule has 0 N–H and O–H groups in total. The Hall–Kier alpha value is -0.970. The maximum atomic E-state index is 12.2. The lowest BCUT2D eigenvalue weighted by Crippen LogP contribution is -2.46. The highest BCUT2D eigenvalue weighted by molar-refractivity contribution is 6.17. The average Bonchev–Trinajstić information content (AvgIpc) is 3.19. The summed E-state index contributed by atoms with van der Waals surface area (Å²) in [5, 5.41) is 0. The van der Waals surface area contributed by atoms with Crippen LogP contribution < -0.4 is 0 Å². The van der Waals surface area contributed by atoms with Gasteiger partial charge in [-0.2, -0.15) is 0 Å². The van der Waals surface area contributed by atoms with E-state index in [9.17, 15) is 9.59 Å². The summed E-state index contributed by atoms with van der Waals surface area (Å²) >= 11 is 5.49. The number of carbonyl (C=O) groups excluding carboxylic acids is 2. The predicted molar refractivity (Wildman–Crippen MR) is 79.0 cm³/mol. The van der Waals surface area contributed by atoms with Gasteiger partial charge in [0.25, 0.3) is 0 Å². The minimum absolute atomic E-state index is 0.108. The standard InChI is InChI=1S/C15H24ClNO4/c1-14(2,3)21-13(19)17-8-4-5-11(9-17)15(6-7-15)12(18)20-10-16/h11H,4-10H2,1-3H3. The van der Waals surface area contributed by atoms with Crippen LogP contribution in [0.25, 0.3) is 0 Å². The second kappa shape index (κ2) is 6.03. The molecule has 1 atom stereocenters. The number of hydrogen-bond acceptors (Lipinski definition) is 4. The molecule has 0 aromatic carbocycles. The van der Waals surface area contributed by atoms with Gasteiger partial charge in [-0.05, 0) is 52.4 Å². The Morgan fingerprint density at radius 1 is 1.33 bits per heavy atom. The van der Waals surface area contributed by atoms with E-state index in [0.717, 1.165) is 25.7 Å². The van der Waals surface area contributed by atoms with Gasteiger partial charge in [0.1, 0.15) is 5.60 Å². The Kier molecular flexibility index (Phi) is 4.71. The molecule has 0 radical (unpaired) electrons. The predicted octanol–water partition coefficient (Wildman–Crippen LogP) is 3.15. The van der Waals surface area contributed by atoms with E-state index >= 15 is 0 Å². The van der Waals surface area contributed by atoms with Crippen molar-refractivity contribution in [3.05, 3.63) is 0 Å². The van der Waals surface area contributed by atoms with Crippen LogP contribution >= 0.6 is 11.6 Å². The molecular weight excluding hydrogens is 294 g/mol. The van der Waals surface area contributed by atoms with E-state index in [0.29, 0.717) is 13.1 Å². The Bertz CT molecular complexity index is 414. The number of halogens is 1. The maximum absolute atomic E-state index is 12.2. The zero-order valence-electron chi connectivity index (χ0n) is 13.0. The Morgan fingerprint density at radius 2 is 2.00 bits per heavy atom. The van der Waals surface area contributed by atoms with Gasteiger partial charge in [-0.1, -0.05) is 11.6 Å². The number of ether oxygens (including phenoxy) is 2. The molecule has 1 aliphatic carbocycles. The van der Waals surface area contributed by atoms with Crippen LogP contribution in [0.15, 0.2) is 0 Å². The van der Waals surface area contributed by atoms with Crippen LogP contribution in [0.3, 0.4) is 0 Å². The highest BCUT2D eigenvalue weighted by Crippen LogP contribution is 2.55. The molecule has 120 valence electrons. The Morgan fingerprint density at radius 3 is 2.52 bits per heavy atom. The number of alkyl halides is 1. The third-order valence-corrected chi connectivity index (χ3v) is 4.34. The second-order valence-electron chi connectivity index (χ2n) is 6.96. The Labute approximate surface area is 130 Å². The zero-order valence-corrected chi connectivity index (χ0v) is 13.7. The van der Waals surface area contributed by atoms with E-state index in [1.807, 2.05) is 20.8 Å². The fraction of sp³-hybridized carbons (Fsp3) is 0.867. The minimum atomic E-state index is -0.501. The molecule has 2 aliphatic rings. The fourth-order valence-corrected chi connectivity index (χ4v) is 3.13. The van der Waals surface area contributed by atoms with Crippen molar-refractivity contribution >= 4 is 23.7 Å². The lowest BCUT2D eigenvalue weighted by molar-refractivity contribution is -0.151. The molecule has 5 nitrogen and oxygen atoms in total. The van der Waals surface area contributed by atoms with E-state index in [1.54, 1.807) is 4.90 Å². The fourth-order valence-electron chi connectivity index (χ4n) is 3.03. The van der Waals surface area contributed by atoms with Crippen molar-refractivity contribution in [2.75, 3.05) is 19.2 Å². The summed E-state index contributed by atoms with van der Waals surface area (Å²) in [5.41, 5.74) is -0.922. The van der Waals surface area contributed by atoms with Gasteiger partial charge in [0, 0.05) is 13.1 Å². The van der Waals surface area contributed by atoms with Crippen molar-refractivity contribution < 1.29 is 19.1 Å². The molecule has 2 rings (SSSR count). The average molecular weight is 318 g/mol. The van der Waals surface area contributed by atoms with Crippen molar-refractivity contribution in [1.29, 1.82) is 0 Å². The van der Waals surface area contributed by atoms with E-state index < -0.39 is 11.0 Å². The topological polar surface area (TPSA) is 55.8 Å². The summed E-state index contributed by atoms with van der Waals surface area (Å²) in [7, 11) is 0. The van der Waals surface area contributed by atoms with Crippen LogP contribution in [0.2, 0.25) is 0 Å². The first-order chi connectivity index (χ1) is 9.78. The molecule has 0 bridgehead atoms. The number of hydrogen-bond donors (Lipinski definition) is 0. The SMILES string of the molecule is CC(C)(C)OC(=O)N1CCCC(C2(C(=O)OCCl)CC2)C1. The van der Waals surface area contributed by atoms with Gasteiger partial charge in [0.15, 0.2) is 6.07 Å².